The normalized spacial score (nSPS) is 49.0. The number of hydrogen-bond acceptors (Lipinski definition) is 4. The van der Waals surface area contributed by atoms with Crippen molar-refractivity contribution in [2.24, 2.45) is 51.2 Å². The summed E-state index contributed by atoms with van der Waals surface area (Å²) in [6.45, 7) is 16.4. The summed E-state index contributed by atoms with van der Waals surface area (Å²) in [5.41, 5.74) is 1.35. The third-order valence-corrected chi connectivity index (χ3v) is 13.8. The highest BCUT2D eigenvalue weighted by atomic mass is 16.7. The van der Waals surface area contributed by atoms with E-state index in [4.69, 9.17) is 14.2 Å². The SMILES string of the molecule is COC(C)OC(C)(C)CCCCC1C(OC)CC2[C@@H]3CCC4C(C)(C)[C@@H](O)CCC45[C@@H](C)[C@@]35CC[C@]12C. The maximum absolute atomic E-state index is 11.0. The van der Waals surface area contributed by atoms with Gasteiger partial charge in [-0.25, -0.2) is 0 Å². The maximum Gasteiger partial charge on any atom is 0.155 e. The van der Waals surface area contributed by atoms with Crippen LogP contribution in [0.3, 0.4) is 0 Å². The molecular weight excluding hydrogens is 460 g/mol. The van der Waals surface area contributed by atoms with Crippen molar-refractivity contribution in [3.8, 4) is 0 Å². The minimum Gasteiger partial charge on any atom is -0.393 e. The fourth-order valence-corrected chi connectivity index (χ4v) is 12.0. The predicted octanol–water partition coefficient (Wildman–Crippen LogP) is 7.62. The summed E-state index contributed by atoms with van der Waals surface area (Å²) >= 11 is 0. The molecule has 0 heterocycles. The van der Waals surface area contributed by atoms with Gasteiger partial charge >= 0.3 is 0 Å². The van der Waals surface area contributed by atoms with Gasteiger partial charge in [-0.05, 0) is 130 Å². The van der Waals surface area contributed by atoms with Crippen LogP contribution in [0.4, 0.5) is 0 Å². The second-order valence-electron chi connectivity index (χ2n) is 15.6. The van der Waals surface area contributed by atoms with E-state index in [0.29, 0.717) is 34.2 Å². The number of aliphatic hydroxyl groups is 1. The van der Waals surface area contributed by atoms with Crippen molar-refractivity contribution in [3.63, 3.8) is 0 Å². The molecule has 5 rings (SSSR count). The van der Waals surface area contributed by atoms with Gasteiger partial charge in [-0.15, -0.1) is 0 Å². The standard InChI is InChI=1S/C33H58O4/c1-21-32-19-18-31(7)24(12-10-11-16-29(3,4)37-22(2)35-8)26(36-9)20-25(31)23(32)13-14-27-30(5,6)28(34)15-17-33(21,27)32/h21-28,34H,10-20H2,1-9H3/t21-,22?,23-,24?,25?,26?,27?,28-,31+,32-,33?/m0/s1. The molecule has 5 fully saturated rings. The zero-order valence-electron chi connectivity index (χ0n) is 25.6. The highest BCUT2D eigenvalue weighted by Crippen LogP contribution is 2.89. The maximum atomic E-state index is 11.0. The molecule has 0 aromatic carbocycles. The average molecular weight is 519 g/mol. The Hall–Kier alpha value is -0.160. The van der Waals surface area contributed by atoms with Crippen LogP contribution in [0.1, 0.15) is 119 Å². The molecule has 4 nitrogen and oxygen atoms in total. The van der Waals surface area contributed by atoms with Gasteiger partial charge in [-0.3, -0.25) is 0 Å². The smallest absolute Gasteiger partial charge is 0.155 e. The number of rotatable bonds is 9. The van der Waals surface area contributed by atoms with Crippen molar-refractivity contribution in [1.82, 2.24) is 0 Å². The fourth-order valence-electron chi connectivity index (χ4n) is 12.0. The number of methoxy groups -OCH3 is 2. The first-order valence-corrected chi connectivity index (χ1v) is 15.7. The monoisotopic (exact) mass is 518 g/mol. The van der Waals surface area contributed by atoms with E-state index in [-0.39, 0.29) is 23.4 Å². The molecule has 5 aliphatic rings. The zero-order chi connectivity index (χ0) is 27.0. The average Bonchev–Trinajstić information content (AvgIpc) is 3.23. The molecule has 0 saturated heterocycles. The summed E-state index contributed by atoms with van der Waals surface area (Å²) in [5.74, 6) is 3.85. The molecule has 5 aliphatic carbocycles. The topological polar surface area (TPSA) is 47.9 Å². The molecule has 0 radical (unpaired) electrons. The number of aliphatic hydroxyl groups excluding tert-OH is 1. The van der Waals surface area contributed by atoms with Crippen LogP contribution in [-0.2, 0) is 14.2 Å². The van der Waals surface area contributed by atoms with Crippen LogP contribution >= 0.6 is 0 Å². The molecule has 4 heteroatoms. The number of hydrogen-bond donors (Lipinski definition) is 1. The summed E-state index contributed by atoms with van der Waals surface area (Å²) in [5, 5.41) is 11.0. The van der Waals surface area contributed by atoms with Gasteiger partial charge in [0, 0.05) is 14.2 Å². The van der Waals surface area contributed by atoms with Crippen LogP contribution in [0, 0.1) is 51.2 Å². The second kappa shape index (κ2) is 9.45. The molecule has 0 aromatic heterocycles. The Bertz CT molecular complexity index is 838. The second-order valence-corrected chi connectivity index (χ2v) is 15.6. The molecule has 11 atom stereocenters. The van der Waals surface area contributed by atoms with Gasteiger partial charge in [0.25, 0.3) is 0 Å². The summed E-state index contributed by atoms with van der Waals surface area (Å²) in [4.78, 5) is 0. The Morgan fingerprint density at radius 3 is 2.35 bits per heavy atom. The number of unbranched alkanes of at least 4 members (excludes halogenated alkanes) is 1. The van der Waals surface area contributed by atoms with Gasteiger partial charge in [-0.1, -0.05) is 40.5 Å². The Balaban J connectivity index is 1.29. The molecule has 0 bridgehead atoms. The molecule has 0 amide bonds. The van der Waals surface area contributed by atoms with Crippen LogP contribution in [0.15, 0.2) is 0 Å². The van der Waals surface area contributed by atoms with Crippen molar-refractivity contribution in [3.05, 3.63) is 0 Å². The predicted molar refractivity (Wildman–Crippen MR) is 149 cm³/mol. The van der Waals surface area contributed by atoms with E-state index in [1.807, 2.05) is 14.0 Å². The van der Waals surface area contributed by atoms with E-state index in [1.54, 1.807) is 7.11 Å². The highest BCUT2D eigenvalue weighted by molar-refractivity contribution is 5.32. The number of fused-ring (bicyclic) bond motifs is 2. The fraction of sp³-hybridized carbons (Fsp3) is 1.00. The molecule has 0 aromatic rings. The van der Waals surface area contributed by atoms with Gasteiger partial charge < -0.3 is 19.3 Å². The van der Waals surface area contributed by atoms with Crippen molar-refractivity contribution >= 4 is 0 Å². The first kappa shape index (κ1) is 28.4. The van der Waals surface area contributed by atoms with Crippen molar-refractivity contribution < 1.29 is 19.3 Å². The summed E-state index contributed by atoms with van der Waals surface area (Å²) in [6.07, 6.45) is 14.0. The molecule has 2 spiro atoms. The summed E-state index contributed by atoms with van der Waals surface area (Å²) in [6, 6.07) is 0. The van der Waals surface area contributed by atoms with Gasteiger partial charge in [0.05, 0.1) is 17.8 Å². The molecule has 6 unspecified atom stereocenters. The van der Waals surface area contributed by atoms with Gasteiger partial charge in [-0.2, -0.15) is 0 Å². The first-order chi connectivity index (χ1) is 17.3. The van der Waals surface area contributed by atoms with Crippen molar-refractivity contribution in [2.45, 2.75) is 143 Å². The van der Waals surface area contributed by atoms with E-state index in [9.17, 15) is 5.11 Å². The zero-order valence-corrected chi connectivity index (χ0v) is 25.6. The van der Waals surface area contributed by atoms with E-state index in [1.165, 1.54) is 57.8 Å². The lowest BCUT2D eigenvalue weighted by molar-refractivity contribution is -0.180. The third-order valence-electron chi connectivity index (χ3n) is 13.8. The lowest BCUT2D eigenvalue weighted by Gasteiger charge is -2.59. The van der Waals surface area contributed by atoms with Crippen LogP contribution in [0.5, 0.6) is 0 Å². The van der Waals surface area contributed by atoms with Crippen molar-refractivity contribution in [1.29, 1.82) is 0 Å². The van der Waals surface area contributed by atoms with Crippen LogP contribution < -0.4 is 0 Å². The Kier molecular flexibility index (Phi) is 7.25. The summed E-state index contributed by atoms with van der Waals surface area (Å²) in [7, 11) is 3.69. The van der Waals surface area contributed by atoms with E-state index in [2.05, 4.69) is 41.5 Å². The van der Waals surface area contributed by atoms with E-state index < -0.39 is 0 Å². The largest absolute Gasteiger partial charge is 0.393 e. The first-order valence-electron chi connectivity index (χ1n) is 15.7. The molecule has 37 heavy (non-hydrogen) atoms. The Morgan fingerprint density at radius 2 is 1.68 bits per heavy atom. The third kappa shape index (κ3) is 3.96. The lowest BCUT2D eigenvalue weighted by Crippen LogP contribution is -2.54. The van der Waals surface area contributed by atoms with E-state index in [0.717, 1.165) is 30.6 Å². The number of ether oxygens (including phenoxy) is 3. The Labute approximate surface area is 228 Å². The van der Waals surface area contributed by atoms with Gasteiger partial charge in [0.1, 0.15) is 0 Å². The molecule has 5 saturated carbocycles. The van der Waals surface area contributed by atoms with Crippen LogP contribution in [0.25, 0.3) is 0 Å². The van der Waals surface area contributed by atoms with Gasteiger partial charge in [0.2, 0.25) is 0 Å². The minimum atomic E-state index is -0.155. The van der Waals surface area contributed by atoms with Crippen molar-refractivity contribution in [2.75, 3.05) is 14.2 Å². The van der Waals surface area contributed by atoms with Crippen LogP contribution in [-0.4, -0.2) is 43.4 Å². The lowest BCUT2D eigenvalue weighted by atomic mass is 9.46. The molecule has 0 aliphatic heterocycles. The quantitative estimate of drug-likeness (QED) is 0.252. The molecule has 214 valence electrons. The van der Waals surface area contributed by atoms with E-state index >= 15 is 0 Å². The Morgan fingerprint density at radius 1 is 0.946 bits per heavy atom. The minimum absolute atomic E-state index is 0.0630. The molecule has 1 N–H and O–H groups in total. The molecular formula is C33H58O4. The summed E-state index contributed by atoms with van der Waals surface area (Å²) < 4.78 is 17.7. The van der Waals surface area contributed by atoms with Gasteiger partial charge in [0.15, 0.2) is 6.29 Å². The van der Waals surface area contributed by atoms with Crippen LogP contribution in [0.2, 0.25) is 0 Å². The highest BCUT2D eigenvalue weighted by Gasteiger charge is 2.84.